The van der Waals surface area contributed by atoms with Crippen LogP contribution in [0, 0.1) is 3.57 Å². The molecular formula is C14H20INO2. The van der Waals surface area contributed by atoms with Gasteiger partial charge in [-0.15, -0.1) is 0 Å². The van der Waals surface area contributed by atoms with Gasteiger partial charge in [-0.05, 0) is 54.1 Å². The number of ether oxygens (including phenoxy) is 2. The van der Waals surface area contributed by atoms with E-state index in [1.54, 1.807) is 0 Å². The molecule has 1 heterocycles. The molecule has 0 aromatic heterocycles. The first-order valence-electron chi connectivity index (χ1n) is 6.46. The number of halogens is 1. The molecule has 2 rings (SSSR count). The fourth-order valence-electron chi connectivity index (χ4n) is 2.13. The van der Waals surface area contributed by atoms with Crippen molar-refractivity contribution >= 4 is 22.6 Å². The van der Waals surface area contributed by atoms with Gasteiger partial charge in [-0.1, -0.05) is 6.07 Å². The summed E-state index contributed by atoms with van der Waals surface area (Å²) in [4.78, 5) is 2.45. The number of hydrogen-bond acceptors (Lipinski definition) is 3. The van der Waals surface area contributed by atoms with Crippen LogP contribution >= 0.6 is 22.6 Å². The zero-order valence-corrected chi connectivity index (χ0v) is 12.9. The lowest BCUT2D eigenvalue weighted by Crippen LogP contribution is -2.41. The summed E-state index contributed by atoms with van der Waals surface area (Å²) >= 11 is 2.30. The Bertz CT molecular complexity index is 373. The predicted octanol–water partition coefficient (Wildman–Crippen LogP) is 2.78. The predicted molar refractivity (Wildman–Crippen MR) is 81.1 cm³/mol. The van der Waals surface area contributed by atoms with E-state index in [2.05, 4.69) is 46.5 Å². The molecule has 1 aromatic rings. The van der Waals surface area contributed by atoms with Crippen LogP contribution in [0.3, 0.4) is 0 Å². The molecule has 1 aliphatic rings. The minimum atomic E-state index is 0.371. The number of rotatable bonds is 5. The number of benzene rings is 1. The summed E-state index contributed by atoms with van der Waals surface area (Å²) < 4.78 is 12.5. The first kappa shape index (κ1) is 14.1. The van der Waals surface area contributed by atoms with Gasteiger partial charge in [0, 0.05) is 23.2 Å². The highest BCUT2D eigenvalue weighted by Gasteiger charge is 2.15. The minimum absolute atomic E-state index is 0.371. The molecule has 1 saturated heterocycles. The minimum Gasteiger partial charge on any atom is -0.494 e. The van der Waals surface area contributed by atoms with E-state index in [-0.39, 0.29) is 0 Å². The normalized spacial score (nSPS) is 20.9. The maximum absolute atomic E-state index is 5.74. The Kier molecular flexibility index (Phi) is 5.72. The molecule has 3 nitrogen and oxygen atoms in total. The van der Waals surface area contributed by atoms with Crippen molar-refractivity contribution in [1.82, 2.24) is 4.90 Å². The van der Waals surface area contributed by atoms with Crippen LogP contribution in [0.25, 0.3) is 0 Å². The Hall–Kier alpha value is -0.330. The van der Waals surface area contributed by atoms with Crippen molar-refractivity contribution in [2.75, 3.05) is 32.8 Å². The molecule has 1 aromatic carbocycles. The zero-order chi connectivity index (χ0) is 12.8. The van der Waals surface area contributed by atoms with Crippen LogP contribution in [0.5, 0.6) is 5.75 Å². The molecule has 1 atom stereocenters. The van der Waals surface area contributed by atoms with Crippen LogP contribution in [0.15, 0.2) is 24.3 Å². The quantitative estimate of drug-likeness (QED) is 0.595. The third-order valence-corrected chi connectivity index (χ3v) is 3.68. The van der Waals surface area contributed by atoms with Crippen LogP contribution in [0.4, 0.5) is 0 Å². The summed E-state index contributed by atoms with van der Waals surface area (Å²) in [5, 5.41) is 0. The fraction of sp³-hybridized carbons (Fsp3) is 0.571. The van der Waals surface area contributed by atoms with Gasteiger partial charge in [0.1, 0.15) is 5.75 Å². The lowest BCUT2D eigenvalue weighted by molar-refractivity contribution is -0.0193. The van der Waals surface area contributed by atoms with Crippen molar-refractivity contribution in [2.24, 2.45) is 0 Å². The Morgan fingerprint density at radius 1 is 1.50 bits per heavy atom. The van der Waals surface area contributed by atoms with Gasteiger partial charge in [-0.25, -0.2) is 0 Å². The number of morpholine rings is 1. The summed E-state index contributed by atoms with van der Waals surface area (Å²) in [7, 11) is 0. The topological polar surface area (TPSA) is 21.7 Å². The maximum atomic E-state index is 5.74. The van der Waals surface area contributed by atoms with Gasteiger partial charge in [0.2, 0.25) is 0 Å². The Morgan fingerprint density at radius 3 is 3.17 bits per heavy atom. The Labute approximate surface area is 123 Å². The van der Waals surface area contributed by atoms with Gasteiger partial charge in [0.15, 0.2) is 0 Å². The standard InChI is InChI=1S/C14H20INO2/c1-12-11-16(7-9-17-12)6-3-8-18-14-5-2-4-13(15)10-14/h2,4-5,10,12H,3,6-9,11H2,1H3. The zero-order valence-electron chi connectivity index (χ0n) is 10.8. The molecular weight excluding hydrogens is 341 g/mol. The second-order valence-electron chi connectivity index (χ2n) is 4.64. The number of nitrogens with zero attached hydrogens (tertiary/aromatic N) is 1. The Morgan fingerprint density at radius 2 is 2.39 bits per heavy atom. The van der Waals surface area contributed by atoms with Crippen molar-refractivity contribution in [3.05, 3.63) is 27.8 Å². The van der Waals surface area contributed by atoms with E-state index in [0.717, 1.165) is 45.0 Å². The molecule has 1 unspecified atom stereocenters. The molecule has 0 radical (unpaired) electrons. The van der Waals surface area contributed by atoms with Crippen LogP contribution in [-0.4, -0.2) is 43.9 Å². The highest BCUT2D eigenvalue weighted by molar-refractivity contribution is 14.1. The van der Waals surface area contributed by atoms with Crippen molar-refractivity contribution in [2.45, 2.75) is 19.4 Å². The molecule has 100 valence electrons. The van der Waals surface area contributed by atoms with Gasteiger partial charge in [0.25, 0.3) is 0 Å². The summed E-state index contributed by atoms with van der Waals surface area (Å²) in [6.45, 7) is 6.97. The second kappa shape index (κ2) is 7.31. The monoisotopic (exact) mass is 361 g/mol. The molecule has 0 amide bonds. The van der Waals surface area contributed by atoms with Gasteiger partial charge in [-0.3, -0.25) is 4.90 Å². The highest BCUT2D eigenvalue weighted by Crippen LogP contribution is 2.15. The average molecular weight is 361 g/mol. The van der Waals surface area contributed by atoms with Crippen molar-refractivity contribution in [3.8, 4) is 5.75 Å². The van der Waals surface area contributed by atoms with E-state index in [9.17, 15) is 0 Å². The van der Waals surface area contributed by atoms with Crippen LogP contribution in [-0.2, 0) is 4.74 Å². The molecule has 4 heteroatoms. The molecule has 18 heavy (non-hydrogen) atoms. The molecule has 0 bridgehead atoms. The van der Waals surface area contributed by atoms with Crippen LogP contribution in [0.1, 0.15) is 13.3 Å². The van der Waals surface area contributed by atoms with Gasteiger partial charge >= 0.3 is 0 Å². The lowest BCUT2D eigenvalue weighted by atomic mass is 10.3. The van der Waals surface area contributed by atoms with Gasteiger partial charge < -0.3 is 9.47 Å². The molecule has 0 saturated carbocycles. The Balaban J connectivity index is 1.64. The third kappa shape index (κ3) is 4.74. The largest absolute Gasteiger partial charge is 0.494 e. The summed E-state index contributed by atoms with van der Waals surface area (Å²) in [6, 6.07) is 8.18. The molecule has 1 aliphatic heterocycles. The second-order valence-corrected chi connectivity index (χ2v) is 5.89. The first-order chi connectivity index (χ1) is 8.74. The summed E-state index contributed by atoms with van der Waals surface area (Å²) in [5.41, 5.74) is 0. The van der Waals surface area contributed by atoms with Crippen molar-refractivity contribution in [3.63, 3.8) is 0 Å². The lowest BCUT2D eigenvalue weighted by Gasteiger charge is -2.30. The van der Waals surface area contributed by atoms with Crippen molar-refractivity contribution in [1.29, 1.82) is 0 Å². The van der Waals surface area contributed by atoms with Gasteiger partial charge in [0.05, 0.1) is 19.3 Å². The average Bonchev–Trinajstić information content (AvgIpc) is 2.35. The smallest absolute Gasteiger partial charge is 0.120 e. The van der Waals surface area contributed by atoms with E-state index in [0.29, 0.717) is 6.10 Å². The van der Waals surface area contributed by atoms with E-state index in [1.165, 1.54) is 3.57 Å². The SMILES string of the molecule is CC1CN(CCCOc2cccc(I)c2)CCO1. The molecule has 0 spiro atoms. The summed E-state index contributed by atoms with van der Waals surface area (Å²) in [5.74, 6) is 0.970. The molecule has 1 fully saturated rings. The van der Waals surface area contributed by atoms with E-state index in [1.807, 2.05) is 12.1 Å². The third-order valence-electron chi connectivity index (χ3n) is 3.01. The summed E-state index contributed by atoms with van der Waals surface area (Å²) in [6.07, 6.45) is 1.44. The fourth-order valence-corrected chi connectivity index (χ4v) is 2.64. The molecule has 0 aliphatic carbocycles. The van der Waals surface area contributed by atoms with Crippen LogP contribution in [0.2, 0.25) is 0 Å². The van der Waals surface area contributed by atoms with Crippen LogP contribution < -0.4 is 4.74 Å². The van der Waals surface area contributed by atoms with E-state index in [4.69, 9.17) is 9.47 Å². The van der Waals surface area contributed by atoms with Crippen molar-refractivity contribution < 1.29 is 9.47 Å². The number of hydrogen-bond donors (Lipinski definition) is 0. The van der Waals surface area contributed by atoms with E-state index >= 15 is 0 Å². The highest BCUT2D eigenvalue weighted by atomic mass is 127. The van der Waals surface area contributed by atoms with Gasteiger partial charge in [-0.2, -0.15) is 0 Å². The first-order valence-corrected chi connectivity index (χ1v) is 7.54. The maximum Gasteiger partial charge on any atom is 0.120 e. The molecule has 0 N–H and O–H groups in total. The van der Waals surface area contributed by atoms with E-state index < -0.39 is 0 Å².